The number of pyridine rings is 2. The zero-order valence-corrected chi connectivity index (χ0v) is 65.7. The Morgan fingerprint density at radius 1 is 0.468 bits per heavy atom. The van der Waals surface area contributed by atoms with Gasteiger partial charge in [-0.05, 0) is 128 Å². The van der Waals surface area contributed by atoms with Gasteiger partial charge in [-0.1, -0.05) is 255 Å². The maximum absolute atomic E-state index is 4.64. The van der Waals surface area contributed by atoms with E-state index in [1.165, 1.54) is 75.3 Å². The topological polar surface area (TPSA) is 133 Å². The molecule has 0 saturated heterocycles. The van der Waals surface area contributed by atoms with Crippen LogP contribution in [0.15, 0.2) is 150 Å². The third kappa shape index (κ3) is 30.3. The Labute approximate surface area is 574 Å². The van der Waals surface area contributed by atoms with Crippen molar-refractivity contribution in [3.05, 3.63) is 190 Å². The van der Waals surface area contributed by atoms with Gasteiger partial charge in [-0.3, -0.25) is 39.1 Å². The summed E-state index contributed by atoms with van der Waals surface area (Å²) in [4.78, 5) is 17.1. The van der Waals surface area contributed by atoms with E-state index in [9.17, 15) is 0 Å². The molecule has 520 valence electrons. The first-order valence-corrected chi connectivity index (χ1v) is 34.1. The molecule has 1 saturated carbocycles. The van der Waals surface area contributed by atoms with Crippen LogP contribution in [0.2, 0.25) is 0 Å². The molecule has 8 heterocycles. The number of nitrogens with zero attached hydrogens (tertiary/aromatic N) is 11. The van der Waals surface area contributed by atoms with Crippen molar-refractivity contribution >= 4 is 11.9 Å². The smallest absolute Gasteiger partial charge is 0.0677 e. The van der Waals surface area contributed by atoms with Crippen LogP contribution in [0.4, 0.5) is 0 Å². The lowest BCUT2D eigenvalue weighted by Crippen LogP contribution is -2.31. The van der Waals surface area contributed by atoms with Crippen molar-refractivity contribution in [1.29, 1.82) is 0 Å². The molecule has 12 nitrogen and oxygen atoms in total. The quantitative estimate of drug-likeness (QED) is 0.174. The molecule has 1 aliphatic carbocycles. The average molecular weight is 1290 g/mol. The summed E-state index contributed by atoms with van der Waals surface area (Å²) in [6.45, 7) is 67.6. The fraction of sp³-hybridized carbons (Fsp3) is 0.585. The molecule has 3 aliphatic rings. The van der Waals surface area contributed by atoms with Crippen LogP contribution >= 0.6 is 0 Å². The van der Waals surface area contributed by atoms with Gasteiger partial charge in [0.25, 0.3) is 0 Å². The lowest BCUT2D eigenvalue weighted by Gasteiger charge is -2.38. The SMILES string of the molecule is CC(C)(C)C1=CCN=C1.CC(C)(C)c1ccc(C2(C)CCC2)nc1.CC(C)(C)c1ccccc1.CC(C)(C)c1cccnc1.CC(C)(C)c1ccn[nH]1.CC1=NCC=C1C(C)(C)C.Cc1nn(C)cc1C(C)(C)C.Cn1cc(C(C)(C)C)cn1.Cn1ccc(C(C)(C)C)n1. The highest BCUT2D eigenvalue weighted by Gasteiger charge is 2.35. The Bertz CT molecular complexity index is 3280. The van der Waals surface area contributed by atoms with Crippen LogP contribution in [0.1, 0.15) is 271 Å². The van der Waals surface area contributed by atoms with E-state index >= 15 is 0 Å². The molecule has 0 radical (unpaired) electrons. The molecular formula is C82H132N12. The fourth-order valence-corrected chi connectivity index (χ4v) is 9.75. The molecule has 7 aromatic rings. The van der Waals surface area contributed by atoms with Gasteiger partial charge in [0.1, 0.15) is 0 Å². The molecule has 6 aromatic heterocycles. The Balaban J connectivity index is 0.000000362. The molecule has 12 heteroatoms. The lowest BCUT2D eigenvalue weighted by atomic mass is 9.68. The third-order valence-electron chi connectivity index (χ3n) is 16.4. The Hall–Kier alpha value is -6.82. The molecule has 0 atom stereocenters. The number of rotatable bonds is 1. The summed E-state index contributed by atoms with van der Waals surface area (Å²) < 4.78 is 5.54. The normalized spacial score (nSPS) is 14.5. The van der Waals surface area contributed by atoms with Gasteiger partial charge in [0.15, 0.2) is 0 Å². The first-order chi connectivity index (χ1) is 42.8. The molecule has 0 spiro atoms. The van der Waals surface area contributed by atoms with Gasteiger partial charge in [0.05, 0.1) is 30.7 Å². The minimum Gasteiger partial charge on any atom is -0.289 e. The van der Waals surface area contributed by atoms with Gasteiger partial charge in [0, 0.05) is 104 Å². The molecule has 10 rings (SSSR count). The number of aryl methyl sites for hydroxylation is 4. The van der Waals surface area contributed by atoms with E-state index in [-0.39, 0.29) is 37.9 Å². The van der Waals surface area contributed by atoms with Gasteiger partial charge < -0.3 is 0 Å². The van der Waals surface area contributed by atoms with Gasteiger partial charge in [-0.25, -0.2) is 0 Å². The largest absolute Gasteiger partial charge is 0.289 e. The molecule has 1 N–H and O–H groups in total. The second-order valence-electron chi connectivity index (χ2n) is 35.0. The molecule has 0 amide bonds. The monoisotopic (exact) mass is 1290 g/mol. The van der Waals surface area contributed by atoms with Crippen LogP contribution in [-0.4, -0.2) is 74.5 Å². The van der Waals surface area contributed by atoms with E-state index in [2.05, 4.69) is 338 Å². The van der Waals surface area contributed by atoms with Crippen molar-refractivity contribution in [2.24, 2.45) is 42.0 Å². The highest BCUT2D eigenvalue weighted by molar-refractivity contribution is 6.00. The standard InChI is InChI=1S/C14H21N.C10H14.C9H16N2.C9H15N.C9H13N.2C8H14N2.C8H13N.C7H12N2/c1-13(2,3)11-6-7-12(15-10-11)14(4)8-5-9-14;1-10(2,3)9-7-5-4-6-8-9;1-7-8(9(2,3)4)6-11(5)10-7;1-7-8(5-6-10-7)9(2,3)4;1-9(2,3)8-5-4-6-10-7-8;1-8(2,3)7-5-9-10(4)6-7;1-8(2,3)7-5-6-10(4)9-7;1-8(2,3)7-4-5-9-6-7;1-7(2,3)6-4-5-8-9-6/h6-7,10H,5,8-9H2,1-4H3;4-8H,1-3H3;6H,1-5H3;5H,6H2,1-4H3;4-7H,1-3H3;2*5-6H,1-4H3;4,6H,5H2,1-3H3;4-5H,1-3H3,(H,8,9). The van der Waals surface area contributed by atoms with Crippen molar-refractivity contribution in [1.82, 2.24) is 49.5 Å². The Morgan fingerprint density at radius 2 is 1.03 bits per heavy atom. The molecule has 1 aromatic carbocycles. The van der Waals surface area contributed by atoms with Gasteiger partial charge >= 0.3 is 0 Å². The van der Waals surface area contributed by atoms with Crippen molar-refractivity contribution in [3.8, 4) is 0 Å². The van der Waals surface area contributed by atoms with E-state index in [1.807, 2.05) is 72.1 Å². The molecular weight excluding hydrogens is 1150 g/mol. The Morgan fingerprint density at radius 3 is 1.28 bits per heavy atom. The van der Waals surface area contributed by atoms with E-state index < -0.39 is 0 Å². The average Bonchev–Trinajstić information content (AvgIpc) is 1.18. The maximum atomic E-state index is 4.64. The highest BCUT2D eigenvalue weighted by Crippen LogP contribution is 2.42. The molecule has 1 fully saturated rings. The minimum absolute atomic E-state index is 0.182. The summed E-state index contributed by atoms with van der Waals surface area (Å²) in [7, 11) is 5.84. The van der Waals surface area contributed by atoms with E-state index in [1.54, 1.807) is 12.4 Å². The van der Waals surface area contributed by atoms with Crippen molar-refractivity contribution < 1.29 is 0 Å². The lowest BCUT2D eigenvalue weighted by molar-refractivity contribution is 0.264. The first kappa shape index (κ1) is 83.3. The number of aromatic nitrogens is 10. The second-order valence-corrected chi connectivity index (χ2v) is 35.0. The van der Waals surface area contributed by atoms with Gasteiger partial charge in [-0.15, -0.1) is 0 Å². The van der Waals surface area contributed by atoms with E-state index in [0.717, 1.165) is 24.5 Å². The predicted molar refractivity (Wildman–Crippen MR) is 406 cm³/mol. The number of nitrogens with one attached hydrogen (secondary N) is 1. The van der Waals surface area contributed by atoms with Crippen LogP contribution in [0.3, 0.4) is 0 Å². The van der Waals surface area contributed by atoms with Crippen molar-refractivity contribution in [2.75, 3.05) is 13.1 Å². The van der Waals surface area contributed by atoms with Crippen LogP contribution in [0, 0.1) is 17.8 Å². The molecule has 0 bridgehead atoms. The minimum atomic E-state index is 0.182. The maximum Gasteiger partial charge on any atom is 0.0677 e. The van der Waals surface area contributed by atoms with Crippen LogP contribution < -0.4 is 0 Å². The third-order valence-corrected chi connectivity index (χ3v) is 16.4. The highest BCUT2D eigenvalue weighted by atomic mass is 15.3. The summed E-state index contributed by atoms with van der Waals surface area (Å²) in [6.07, 6.45) is 25.9. The van der Waals surface area contributed by atoms with Crippen molar-refractivity contribution in [2.45, 2.75) is 270 Å². The summed E-state index contributed by atoms with van der Waals surface area (Å²) in [5.41, 5.74) is 17.9. The number of benzene rings is 1. The second kappa shape index (κ2) is 34.7. The summed E-state index contributed by atoms with van der Waals surface area (Å²) in [5.74, 6) is 0. The number of aromatic amines is 1. The van der Waals surface area contributed by atoms with Crippen LogP contribution in [0.25, 0.3) is 0 Å². The molecule has 0 unspecified atom stereocenters. The van der Waals surface area contributed by atoms with Gasteiger partial charge in [-0.2, -0.15) is 20.4 Å². The summed E-state index contributed by atoms with van der Waals surface area (Å²) in [6, 6.07) is 23.1. The van der Waals surface area contributed by atoms with E-state index in [4.69, 9.17) is 0 Å². The number of aliphatic imine (C=N–C) groups is 2. The number of allylic oxidation sites excluding steroid dienone is 2. The Kier molecular flexibility index (Phi) is 30.8. The predicted octanol–water partition coefficient (Wildman–Crippen LogP) is 20.8. The zero-order valence-electron chi connectivity index (χ0n) is 65.7. The number of hydrogen-bond donors (Lipinski definition) is 1. The van der Waals surface area contributed by atoms with E-state index in [0.29, 0.717) is 16.2 Å². The molecule has 2 aliphatic heterocycles. The van der Waals surface area contributed by atoms with Crippen LogP contribution in [0.5, 0.6) is 0 Å². The summed E-state index contributed by atoms with van der Waals surface area (Å²) in [5, 5.41) is 19.5. The number of hydrogen-bond acceptors (Lipinski definition) is 8. The summed E-state index contributed by atoms with van der Waals surface area (Å²) >= 11 is 0. The first-order valence-electron chi connectivity index (χ1n) is 34.1. The van der Waals surface area contributed by atoms with Crippen LogP contribution in [-0.2, 0) is 64.5 Å². The van der Waals surface area contributed by atoms with Gasteiger partial charge in [0.2, 0.25) is 0 Å². The number of H-pyrrole nitrogens is 1. The van der Waals surface area contributed by atoms with Crippen molar-refractivity contribution in [3.63, 3.8) is 0 Å². The molecule has 94 heavy (non-hydrogen) atoms. The fourth-order valence-electron chi connectivity index (χ4n) is 9.75. The zero-order chi connectivity index (χ0) is 72.1.